The molecule has 0 amide bonds. The number of hydrogen-bond donors (Lipinski definition) is 0. The molecule has 5 nitrogen and oxygen atoms in total. The van der Waals surface area contributed by atoms with E-state index in [4.69, 9.17) is 0 Å². The Bertz CT molecular complexity index is 931. The van der Waals surface area contributed by atoms with Crippen LogP contribution in [0.4, 0.5) is 0 Å². The van der Waals surface area contributed by atoms with Crippen LogP contribution in [-0.4, -0.2) is 24.8 Å². The van der Waals surface area contributed by atoms with Gasteiger partial charge < -0.3 is 0 Å². The average Bonchev–Trinajstić information content (AvgIpc) is 3.11. The maximum atomic E-state index is 4.63. The fourth-order valence-electron chi connectivity index (χ4n) is 2.19. The Labute approximate surface area is 138 Å². The van der Waals surface area contributed by atoms with Crippen molar-refractivity contribution < 1.29 is 0 Å². The van der Waals surface area contributed by atoms with Crippen molar-refractivity contribution in [2.24, 2.45) is 0 Å². The zero-order chi connectivity index (χ0) is 14.9. The van der Waals surface area contributed by atoms with Gasteiger partial charge >= 0.3 is 0 Å². The third-order valence-electron chi connectivity index (χ3n) is 3.21. The summed E-state index contributed by atoms with van der Waals surface area (Å²) in [6.45, 7) is 0. The second kappa shape index (κ2) is 5.58. The molecule has 0 aliphatic rings. The number of nitrogens with zero attached hydrogens (tertiary/aromatic N) is 5. The van der Waals surface area contributed by atoms with Crippen LogP contribution in [0, 0.1) is 0 Å². The molecule has 0 saturated carbocycles. The van der Waals surface area contributed by atoms with Gasteiger partial charge in [-0.2, -0.15) is 9.61 Å². The van der Waals surface area contributed by atoms with Crippen LogP contribution >= 0.6 is 27.3 Å². The van der Waals surface area contributed by atoms with E-state index in [1.165, 1.54) is 16.9 Å². The summed E-state index contributed by atoms with van der Waals surface area (Å²) in [5, 5.41) is 14.0. The molecule has 0 radical (unpaired) electrons. The van der Waals surface area contributed by atoms with E-state index < -0.39 is 0 Å². The molecule has 0 unspecified atom stereocenters. The molecule has 0 saturated heterocycles. The van der Waals surface area contributed by atoms with Gasteiger partial charge in [-0.05, 0) is 27.6 Å². The van der Waals surface area contributed by atoms with Crippen LogP contribution in [0.15, 0.2) is 53.3 Å². The van der Waals surface area contributed by atoms with Gasteiger partial charge in [0.2, 0.25) is 4.96 Å². The zero-order valence-corrected chi connectivity index (χ0v) is 13.8. The number of hydrogen-bond acceptors (Lipinski definition) is 5. The second-order valence-corrected chi connectivity index (χ2v) is 6.64. The fraction of sp³-hybridized carbons (Fsp3) is 0.0667. The standard InChI is InChI=1S/C15H10BrN5S/c16-12-7-11(8-17-9-12)14-20-21-13(18-19-15(21)22-14)6-10-4-2-1-3-5-10/h1-5,7-9H,6H2. The van der Waals surface area contributed by atoms with Crippen LogP contribution in [0.2, 0.25) is 0 Å². The number of halogens is 1. The van der Waals surface area contributed by atoms with E-state index in [0.29, 0.717) is 6.42 Å². The molecule has 0 bridgehead atoms. The molecule has 0 N–H and O–H groups in total. The number of fused-ring (bicyclic) bond motifs is 1. The van der Waals surface area contributed by atoms with Gasteiger partial charge in [-0.15, -0.1) is 10.2 Å². The minimum absolute atomic E-state index is 0.710. The molecule has 0 fully saturated rings. The maximum absolute atomic E-state index is 4.63. The lowest BCUT2D eigenvalue weighted by Crippen LogP contribution is -1.97. The number of pyridine rings is 1. The Morgan fingerprint density at radius 3 is 2.77 bits per heavy atom. The molecule has 4 aromatic rings. The quantitative estimate of drug-likeness (QED) is 0.552. The molecule has 3 heterocycles. The summed E-state index contributed by atoms with van der Waals surface area (Å²) in [5.74, 6) is 0.839. The normalized spacial score (nSPS) is 11.1. The van der Waals surface area contributed by atoms with Gasteiger partial charge in [-0.3, -0.25) is 4.98 Å². The lowest BCUT2D eigenvalue weighted by Gasteiger charge is -1.98. The molecule has 0 aliphatic carbocycles. The van der Waals surface area contributed by atoms with Crippen molar-refractivity contribution in [3.05, 3.63) is 64.7 Å². The monoisotopic (exact) mass is 371 g/mol. The van der Waals surface area contributed by atoms with Crippen molar-refractivity contribution in [1.82, 2.24) is 24.8 Å². The minimum Gasteiger partial charge on any atom is -0.263 e. The predicted octanol–water partition coefficient (Wildman–Crippen LogP) is 3.60. The maximum Gasteiger partial charge on any atom is 0.234 e. The Kier molecular flexibility index (Phi) is 3.44. The van der Waals surface area contributed by atoms with Crippen LogP contribution in [-0.2, 0) is 6.42 Å². The van der Waals surface area contributed by atoms with Crippen LogP contribution < -0.4 is 0 Å². The number of aromatic nitrogens is 5. The van der Waals surface area contributed by atoms with Crippen LogP contribution in [0.5, 0.6) is 0 Å². The Balaban J connectivity index is 1.73. The SMILES string of the molecule is Brc1cncc(-c2nn3c(Cc4ccccc4)nnc3s2)c1. The van der Waals surface area contributed by atoms with E-state index in [1.54, 1.807) is 12.4 Å². The molecule has 4 rings (SSSR count). The van der Waals surface area contributed by atoms with Crippen LogP contribution in [0.25, 0.3) is 15.5 Å². The van der Waals surface area contributed by atoms with E-state index in [0.717, 1.165) is 25.8 Å². The lowest BCUT2D eigenvalue weighted by molar-refractivity contribution is 0.854. The Hall–Kier alpha value is -2.12. The summed E-state index contributed by atoms with van der Waals surface area (Å²) < 4.78 is 2.74. The number of benzene rings is 1. The van der Waals surface area contributed by atoms with Crippen molar-refractivity contribution in [3.8, 4) is 10.6 Å². The summed E-state index contributed by atoms with van der Waals surface area (Å²) in [6.07, 6.45) is 4.26. The first-order valence-corrected chi connectivity index (χ1v) is 8.26. The van der Waals surface area contributed by atoms with Crippen molar-refractivity contribution in [2.45, 2.75) is 6.42 Å². The van der Waals surface area contributed by atoms with Crippen LogP contribution in [0.1, 0.15) is 11.4 Å². The fourth-order valence-corrected chi connectivity index (χ4v) is 3.40. The zero-order valence-electron chi connectivity index (χ0n) is 11.3. The third kappa shape index (κ3) is 2.53. The van der Waals surface area contributed by atoms with Gasteiger partial charge in [0.25, 0.3) is 0 Å². The summed E-state index contributed by atoms with van der Waals surface area (Å²) in [6, 6.07) is 12.2. The second-order valence-electron chi connectivity index (χ2n) is 4.77. The van der Waals surface area contributed by atoms with Gasteiger partial charge in [0.15, 0.2) is 5.82 Å². The van der Waals surface area contributed by atoms with E-state index in [9.17, 15) is 0 Å². The smallest absolute Gasteiger partial charge is 0.234 e. The molecule has 0 aliphatic heterocycles. The molecule has 0 spiro atoms. The molecule has 3 aromatic heterocycles. The summed E-state index contributed by atoms with van der Waals surface area (Å²) >= 11 is 4.94. The van der Waals surface area contributed by atoms with E-state index in [1.807, 2.05) is 28.8 Å². The topological polar surface area (TPSA) is 56.0 Å². The number of rotatable bonds is 3. The predicted molar refractivity (Wildman–Crippen MR) is 88.8 cm³/mol. The highest BCUT2D eigenvalue weighted by Crippen LogP contribution is 2.27. The third-order valence-corrected chi connectivity index (χ3v) is 4.59. The lowest BCUT2D eigenvalue weighted by atomic mass is 10.1. The summed E-state index contributed by atoms with van der Waals surface area (Å²) in [4.78, 5) is 4.97. The molecule has 1 aromatic carbocycles. The van der Waals surface area contributed by atoms with E-state index in [-0.39, 0.29) is 0 Å². The first-order chi connectivity index (χ1) is 10.8. The highest BCUT2D eigenvalue weighted by atomic mass is 79.9. The Morgan fingerprint density at radius 1 is 1.09 bits per heavy atom. The van der Waals surface area contributed by atoms with Gasteiger partial charge in [0.05, 0.1) is 0 Å². The van der Waals surface area contributed by atoms with Crippen molar-refractivity contribution in [2.75, 3.05) is 0 Å². The van der Waals surface area contributed by atoms with Gasteiger partial charge in [0, 0.05) is 28.9 Å². The highest BCUT2D eigenvalue weighted by Gasteiger charge is 2.13. The van der Waals surface area contributed by atoms with Gasteiger partial charge in [-0.1, -0.05) is 41.7 Å². The van der Waals surface area contributed by atoms with Gasteiger partial charge in [-0.25, -0.2) is 0 Å². The first-order valence-electron chi connectivity index (χ1n) is 6.65. The van der Waals surface area contributed by atoms with Crippen molar-refractivity contribution in [3.63, 3.8) is 0 Å². The van der Waals surface area contributed by atoms with Crippen LogP contribution in [0.3, 0.4) is 0 Å². The molecule has 108 valence electrons. The van der Waals surface area contributed by atoms with E-state index >= 15 is 0 Å². The van der Waals surface area contributed by atoms with Crippen molar-refractivity contribution in [1.29, 1.82) is 0 Å². The molecule has 22 heavy (non-hydrogen) atoms. The largest absolute Gasteiger partial charge is 0.263 e. The van der Waals surface area contributed by atoms with Gasteiger partial charge in [0.1, 0.15) is 5.01 Å². The summed E-state index contributed by atoms with van der Waals surface area (Å²) in [5.41, 5.74) is 2.16. The first kappa shape index (κ1) is 13.5. The Morgan fingerprint density at radius 2 is 1.95 bits per heavy atom. The van der Waals surface area contributed by atoms with E-state index in [2.05, 4.69) is 48.3 Å². The minimum atomic E-state index is 0.710. The molecular formula is C15H10BrN5S. The van der Waals surface area contributed by atoms with Crippen molar-refractivity contribution >= 4 is 32.2 Å². The molecule has 0 atom stereocenters. The molecular weight excluding hydrogens is 362 g/mol. The highest BCUT2D eigenvalue weighted by molar-refractivity contribution is 9.10. The summed E-state index contributed by atoms with van der Waals surface area (Å²) in [7, 11) is 0. The molecule has 7 heteroatoms. The average molecular weight is 372 g/mol.